The molecule has 2 N–H and O–H groups in total. The zero-order valence-corrected chi connectivity index (χ0v) is 9.83. The molecule has 0 amide bonds. The van der Waals surface area contributed by atoms with Crippen molar-refractivity contribution >= 4 is 11.6 Å². The third-order valence-corrected chi connectivity index (χ3v) is 3.11. The summed E-state index contributed by atoms with van der Waals surface area (Å²) in [7, 11) is 0. The van der Waals surface area contributed by atoms with Gasteiger partial charge in [-0.25, -0.2) is 0 Å². The molecular formula is C12H16ClNO2. The van der Waals surface area contributed by atoms with Gasteiger partial charge >= 0.3 is 0 Å². The first-order valence-corrected chi connectivity index (χ1v) is 5.76. The van der Waals surface area contributed by atoms with Gasteiger partial charge in [0.25, 0.3) is 0 Å². The van der Waals surface area contributed by atoms with E-state index in [1.165, 1.54) is 0 Å². The first-order valence-electron chi connectivity index (χ1n) is 5.38. The Morgan fingerprint density at radius 3 is 2.81 bits per heavy atom. The van der Waals surface area contributed by atoms with E-state index in [1.807, 2.05) is 24.3 Å². The second-order valence-electron chi connectivity index (χ2n) is 4.38. The van der Waals surface area contributed by atoms with Gasteiger partial charge in [0.2, 0.25) is 0 Å². The van der Waals surface area contributed by atoms with Crippen molar-refractivity contribution in [3.63, 3.8) is 0 Å². The SMILES string of the molecule is OCC1(CNCc2cccc(Cl)c2)COC1. The highest BCUT2D eigenvalue weighted by Gasteiger charge is 2.37. The summed E-state index contributed by atoms with van der Waals surface area (Å²) in [6, 6.07) is 7.77. The highest BCUT2D eigenvalue weighted by molar-refractivity contribution is 6.30. The molecule has 0 aliphatic carbocycles. The summed E-state index contributed by atoms with van der Waals surface area (Å²) in [4.78, 5) is 0. The summed E-state index contributed by atoms with van der Waals surface area (Å²) in [5.74, 6) is 0. The molecule has 1 heterocycles. The normalized spacial score (nSPS) is 18.1. The number of rotatable bonds is 5. The summed E-state index contributed by atoms with van der Waals surface area (Å²) in [6.07, 6.45) is 0. The van der Waals surface area contributed by atoms with Crippen molar-refractivity contribution in [1.82, 2.24) is 5.32 Å². The van der Waals surface area contributed by atoms with Crippen LogP contribution < -0.4 is 5.32 Å². The molecule has 4 heteroatoms. The molecule has 16 heavy (non-hydrogen) atoms. The quantitative estimate of drug-likeness (QED) is 0.820. The number of hydrogen-bond donors (Lipinski definition) is 2. The smallest absolute Gasteiger partial charge is 0.0579 e. The van der Waals surface area contributed by atoms with E-state index >= 15 is 0 Å². The number of nitrogens with one attached hydrogen (secondary N) is 1. The third-order valence-electron chi connectivity index (χ3n) is 2.87. The highest BCUT2D eigenvalue weighted by Crippen LogP contribution is 2.25. The van der Waals surface area contributed by atoms with Crippen LogP contribution in [-0.4, -0.2) is 31.5 Å². The average molecular weight is 242 g/mol. The van der Waals surface area contributed by atoms with Crippen molar-refractivity contribution in [3.05, 3.63) is 34.9 Å². The predicted octanol–water partition coefficient (Wildman–Crippen LogP) is 1.44. The molecule has 0 saturated carbocycles. The second-order valence-corrected chi connectivity index (χ2v) is 4.82. The van der Waals surface area contributed by atoms with Gasteiger partial charge in [-0.15, -0.1) is 0 Å². The van der Waals surface area contributed by atoms with Gasteiger partial charge in [-0.1, -0.05) is 23.7 Å². The highest BCUT2D eigenvalue weighted by atomic mass is 35.5. The Labute approximate surface area is 100 Å². The lowest BCUT2D eigenvalue weighted by Crippen LogP contribution is -2.52. The molecule has 0 atom stereocenters. The molecule has 0 spiro atoms. The third kappa shape index (κ3) is 2.74. The first kappa shape index (κ1) is 11.9. The maximum absolute atomic E-state index is 9.24. The zero-order chi connectivity index (χ0) is 11.4. The molecule has 88 valence electrons. The zero-order valence-electron chi connectivity index (χ0n) is 9.08. The Morgan fingerprint density at radius 1 is 1.44 bits per heavy atom. The van der Waals surface area contributed by atoms with Crippen LogP contribution in [0.2, 0.25) is 5.02 Å². The maximum atomic E-state index is 9.24. The van der Waals surface area contributed by atoms with E-state index in [1.54, 1.807) is 0 Å². The van der Waals surface area contributed by atoms with Crippen molar-refractivity contribution in [1.29, 1.82) is 0 Å². The van der Waals surface area contributed by atoms with Crippen molar-refractivity contribution in [2.75, 3.05) is 26.4 Å². The fourth-order valence-corrected chi connectivity index (χ4v) is 1.97. The molecule has 0 bridgehead atoms. The lowest BCUT2D eigenvalue weighted by Gasteiger charge is -2.40. The number of benzene rings is 1. The number of hydrogen-bond acceptors (Lipinski definition) is 3. The van der Waals surface area contributed by atoms with Crippen LogP contribution in [0.3, 0.4) is 0 Å². The largest absolute Gasteiger partial charge is 0.396 e. The molecule has 1 aliphatic heterocycles. The minimum absolute atomic E-state index is 0.0709. The van der Waals surface area contributed by atoms with E-state index in [0.717, 1.165) is 23.7 Å². The van der Waals surface area contributed by atoms with Gasteiger partial charge in [0.15, 0.2) is 0 Å². The van der Waals surface area contributed by atoms with Gasteiger partial charge in [-0.2, -0.15) is 0 Å². The van der Waals surface area contributed by atoms with E-state index in [2.05, 4.69) is 5.32 Å². The molecule has 1 saturated heterocycles. The van der Waals surface area contributed by atoms with Crippen LogP contribution in [0.5, 0.6) is 0 Å². The summed E-state index contributed by atoms with van der Waals surface area (Å²) < 4.78 is 5.13. The Kier molecular flexibility index (Phi) is 3.82. The number of aliphatic hydroxyl groups is 1. The van der Waals surface area contributed by atoms with Gasteiger partial charge in [-0.3, -0.25) is 0 Å². The molecule has 2 rings (SSSR count). The summed E-state index contributed by atoms with van der Waals surface area (Å²) in [5, 5.41) is 13.3. The summed E-state index contributed by atoms with van der Waals surface area (Å²) >= 11 is 5.89. The van der Waals surface area contributed by atoms with Crippen molar-refractivity contribution in [2.45, 2.75) is 6.54 Å². The van der Waals surface area contributed by atoms with Crippen molar-refractivity contribution in [3.8, 4) is 0 Å². The molecule has 0 aromatic heterocycles. The standard InChI is InChI=1S/C12H16ClNO2/c13-11-3-1-2-10(4-11)5-14-6-12(7-15)8-16-9-12/h1-4,14-15H,5-9H2. The number of halogens is 1. The summed E-state index contributed by atoms with van der Waals surface area (Å²) in [6.45, 7) is 3.01. The van der Waals surface area contributed by atoms with Crippen LogP contribution in [-0.2, 0) is 11.3 Å². The van der Waals surface area contributed by atoms with Crippen LogP contribution in [0.4, 0.5) is 0 Å². The second kappa shape index (κ2) is 5.15. The first-order chi connectivity index (χ1) is 7.74. The Morgan fingerprint density at radius 2 is 2.25 bits per heavy atom. The van der Waals surface area contributed by atoms with Gasteiger partial charge in [0, 0.05) is 18.1 Å². The Bertz CT molecular complexity index is 347. The minimum Gasteiger partial charge on any atom is -0.396 e. The molecule has 0 radical (unpaired) electrons. The van der Waals surface area contributed by atoms with Gasteiger partial charge in [-0.05, 0) is 17.7 Å². The number of ether oxygens (including phenoxy) is 1. The van der Waals surface area contributed by atoms with Gasteiger partial charge < -0.3 is 15.2 Å². The molecule has 3 nitrogen and oxygen atoms in total. The minimum atomic E-state index is -0.0709. The van der Waals surface area contributed by atoms with Crippen LogP contribution in [0.15, 0.2) is 24.3 Å². The van der Waals surface area contributed by atoms with Crippen LogP contribution >= 0.6 is 11.6 Å². The van der Waals surface area contributed by atoms with Crippen LogP contribution in [0.1, 0.15) is 5.56 Å². The fourth-order valence-electron chi connectivity index (χ4n) is 1.76. The molecule has 1 aliphatic rings. The van der Waals surface area contributed by atoms with Gasteiger partial charge in [0.05, 0.1) is 25.2 Å². The van der Waals surface area contributed by atoms with E-state index in [0.29, 0.717) is 13.2 Å². The molecule has 0 unspecified atom stereocenters. The Balaban J connectivity index is 1.79. The van der Waals surface area contributed by atoms with Crippen LogP contribution in [0.25, 0.3) is 0 Å². The topological polar surface area (TPSA) is 41.5 Å². The van der Waals surface area contributed by atoms with Crippen molar-refractivity contribution in [2.24, 2.45) is 5.41 Å². The molecular weight excluding hydrogens is 226 g/mol. The lowest BCUT2D eigenvalue weighted by molar-refractivity contribution is -0.134. The van der Waals surface area contributed by atoms with E-state index < -0.39 is 0 Å². The molecule has 1 fully saturated rings. The Hall–Kier alpha value is -0.610. The summed E-state index contributed by atoms with van der Waals surface area (Å²) in [5.41, 5.74) is 1.08. The van der Waals surface area contributed by atoms with Gasteiger partial charge in [0.1, 0.15) is 0 Å². The molecule has 1 aromatic carbocycles. The fraction of sp³-hybridized carbons (Fsp3) is 0.500. The van der Waals surface area contributed by atoms with E-state index in [-0.39, 0.29) is 12.0 Å². The lowest BCUT2D eigenvalue weighted by atomic mass is 9.87. The van der Waals surface area contributed by atoms with Crippen molar-refractivity contribution < 1.29 is 9.84 Å². The van der Waals surface area contributed by atoms with E-state index in [4.69, 9.17) is 16.3 Å². The average Bonchev–Trinajstić information content (AvgIpc) is 2.22. The maximum Gasteiger partial charge on any atom is 0.0579 e. The van der Waals surface area contributed by atoms with Crippen LogP contribution in [0, 0.1) is 5.41 Å². The number of aliphatic hydroxyl groups excluding tert-OH is 1. The van der Waals surface area contributed by atoms with E-state index in [9.17, 15) is 5.11 Å². The predicted molar refractivity (Wildman–Crippen MR) is 63.5 cm³/mol. The molecule has 1 aromatic rings. The monoisotopic (exact) mass is 241 g/mol.